The molecule has 2 aromatic carbocycles. The molecule has 0 atom stereocenters. The molecular formula is C27H31F3N2O3S. The Labute approximate surface area is 213 Å². The Hall–Kier alpha value is -2.49. The summed E-state index contributed by atoms with van der Waals surface area (Å²) < 4.78 is 56.1. The van der Waals surface area contributed by atoms with Gasteiger partial charge in [0.15, 0.2) is 11.5 Å². The Balaban J connectivity index is 1.25. The van der Waals surface area contributed by atoms with E-state index in [0.717, 1.165) is 97.3 Å². The maximum atomic E-state index is 13.0. The number of rotatable bonds is 11. The summed E-state index contributed by atoms with van der Waals surface area (Å²) in [5, 5.41) is 0.753. The molecule has 0 saturated carbocycles. The van der Waals surface area contributed by atoms with E-state index in [-0.39, 0.29) is 0 Å². The van der Waals surface area contributed by atoms with Crippen LogP contribution in [0.3, 0.4) is 0 Å². The SMILES string of the molecule is COc1cccc(CN2CCOCC2)c1OCCCCCSc1ccnc2cc(C(F)(F)F)ccc12. The van der Waals surface area contributed by atoms with Crippen molar-refractivity contribution in [3.05, 3.63) is 59.8 Å². The molecule has 0 spiro atoms. The molecule has 9 heteroatoms. The number of ether oxygens (including phenoxy) is 3. The first kappa shape index (κ1) is 26.6. The molecule has 1 fully saturated rings. The Morgan fingerprint density at radius 1 is 1.06 bits per heavy atom. The normalized spacial score (nSPS) is 14.8. The quantitative estimate of drug-likeness (QED) is 0.214. The lowest BCUT2D eigenvalue weighted by Crippen LogP contribution is -2.35. The second-order valence-electron chi connectivity index (χ2n) is 8.63. The molecule has 0 N–H and O–H groups in total. The molecule has 0 amide bonds. The predicted molar refractivity (Wildman–Crippen MR) is 136 cm³/mol. The Bertz CT molecular complexity index is 1140. The van der Waals surface area contributed by atoms with Gasteiger partial charge < -0.3 is 14.2 Å². The van der Waals surface area contributed by atoms with Crippen molar-refractivity contribution in [2.45, 2.75) is 36.9 Å². The van der Waals surface area contributed by atoms with E-state index in [1.54, 1.807) is 25.1 Å². The summed E-state index contributed by atoms with van der Waals surface area (Å²) in [7, 11) is 1.66. The van der Waals surface area contributed by atoms with Gasteiger partial charge in [-0.1, -0.05) is 18.2 Å². The highest BCUT2D eigenvalue weighted by Crippen LogP contribution is 2.34. The molecular weight excluding hydrogens is 489 g/mol. The van der Waals surface area contributed by atoms with Crippen molar-refractivity contribution in [2.75, 3.05) is 45.8 Å². The molecule has 1 aliphatic rings. The molecule has 194 valence electrons. The zero-order chi connectivity index (χ0) is 25.4. The van der Waals surface area contributed by atoms with Crippen LogP contribution in [0.4, 0.5) is 13.2 Å². The largest absolute Gasteiger partial charge is 0.493 e. The maximum absolute atomic E-state index is 13.0. The number of morpholine rings is 1. The van der Waals surface area contributed by atoms with Crippen molar-refractivity contribution >= 4 is 22.7 Å². The van der Waals surface area contributed by atoms with Crippen LogP contribution in [0.15, 0.2) is 53.6 Å². The molecule has 0 radical (unpaired) electrons. The van der Waals surface area contributed by atoms with Gasteiger partial charge in [0, 0.05) is 41.7 Å². The van der Waals surface area contributed by atoms with Crippen LogP contribution in [0.25, 0.3) is 10.9 Å². The maximum Gasteiger partial charge on any atom is 0.416 e. The average molecular weight is 521 g/mol. The second-order valence-corrected chi connectivity index (χ2v) is 9.77. The summed E-state index contributed by atoms with van der Waals surface area (Å²) in [5.74, 6) is 2.42. The average Bonchev–Trinajstić information content (AvgIpc) is 2.88. The highest BCUT2D eigenvalue weighted by Gasteiger charge is 2.30. The number of aromatic nitrogens is 1. The van der Waals surface area contributed by atoms with Gasteiger partial charge in [-0.15, -0.1) is 11.8 Å². The molecule has 3 aromatic rings. The van der Waals surface area contributed by atoms with Crippen LogP contribution in [-0.4, -0.2) is 55.7 Å². The van der Waals surface area contributed by atoms with Crippen LogP contribution in [0.2, 0.25) is 0 Å². The predicted octanol–water partition coefficient (Wildman–Crippen LogP) is 6.44. The van der Waals surface area contributed by atoms with Crippen molar-refractivity contribution in [3.63, 3.8) is 0 Å². The third-order valence-corrected chi connectivity index (χ3v) is 7.26. The first-order valence-electron chi connectivity index (χ1n) is 12.1. The first-order chi connectivity index (χ1) is 17.5. The number of thioether (sulfide) groups is 1. The van der Waals surface area contributed by atoms with E-state index in [9.17, 15) is 13.2 Å². The number of hydrogen-bond acceptors (Lipinski definition) is 6. The van der Waals surface area contributed by atoms with Crippen LogP contribution in [0.1, 0.15) is 30.4 Å². The number of para-hydroxylation sites is 1. The number of methoxy groups -OCH3 is 1. The van der Waals surface area contributed by atoms with Gasteiger partial charge >= 0.3 is 6.18 Å². The molecule has 1 saturated heterocycles. The van der Waals surface area contributed by atoms with Crippen molar-refractivity contribution in [3.8, 4) is 11.5 Å². The smallest absolute Gasteiger partial charge is 0.416 e. The van der Waals surface area contributed by atoms with E-state index in [4.69, 9.17) is 14.2 Å². The fourth-order valence-corrected chi connectivity index (χ4v) is 5.23. The minimum Gasteiger partial charge on any atom is -0.493 e. The Morgan fingerprint density at radius 2 is 1.89 bits per heavy atom. The molecule has 0 aliphatic carbocycles. The van der Waals surface area contributed by atoms with Crippen molar-refractivity contribution in [2.24, 2.45) is 0 Å². The lowest BCUT2D eigenvalue weighted by atomic mass is 10.1. The summed E-state index contributed by atoms with van der Waals surface area (Å²) in [5.41, 5.74) is 0.811. The van der Waals surface area contributed by atoms with Crippen LogP contribution in [0.5, 0.6) is 11.5 Å². The van der Waals surface area contributed by atoms with Crippen molar-refractivity contribution in [1.82, 2.24) is 9.88 Å². The molecule has 0 unspecified atom stereocenters. The zero-order valence-electron chi connectivity index (χ0n) is 20.4. The van der Waals surface area contributed by atoms with Gasteiger partial charge in [-0.05, 0) is 49.3 Å². The van der Waals surface area contributed by atoms with E-state index in [1.165, 1.54) is 6.07 Å². The summed E-state index contributed by atoms with van der Waals surface area (Å²) in [6.45, 7) is 4.72. The van der Waals surface area contributed by atoms with E-state index in [2.05, 4.69) is 16.0 Å². The van der Waals surface area contributed by atoms with Crippen LogP contribution >= 0.6 is 11.8 Å². The number of alkyl halides is 3. The third-order valence-electron chi connectivity index (χ3n) is 6.10. The minimum atomic E-state index is -4.37. The molecule has 36 heavy (non-hydrogen) atoms. The number of benzene rings is 2. The fraction of sp³-hybridized carbons (Fsp3) is 0.444. The van der Waals surface area contributed by atoms with E-state index in [1.807, 2.05) is 18.2 Å². The van der Waals surface area contributed by atoms with Gasteiger partial charge in [-0.3, -0.25) is 9.88 Å². The number of pyridine rings is 1. The number of fused-ring (bicyclic) bond motifs is 1. The summed E-state index contributed by atoms with van der Waals surface area (Å²) in [4.78, 5) is 7.43. The van der Waals surface area contributed by atoms with Crippen LogP contribution < -0.4 is 9.47 Å². The van der Waals surface area contributed by atoms with Crippen LogP contribution in [-0.2, 0) is 17.5 Å². The molecule has 1 aliphatic heterocycles. The lowest BCUT2D eigenvalue weighted by molar-refractivity contribution is -0.137. The third kappa shape index (κ3) is 7.05. The van der Waals surface area contributed by atoms with Gasteiger partial charge in [0.1, 0.15) is 0 Å². The number of nitrogens with zero attached hydrogens (tertiary/aromatic N) is 2. The summed E-state index contributed by atoms with van der Waals surface area (Å²) in [6, 6.07) is 11.6. The Morgan fingerprint density at radius 3 is 2.67 bits per heavy atom. The second kappa shape index (κ2) is 12.7. The molecule has 4 rings (SSSR count). The van der Waals surface area contributed by atoms with Gasteiger partial charge in [-0.25, -0.2) is 0 Å². The topological polar surface area (TPSA) is 43.8 Å². The van der Waals surface area contributed by atoms with Gasteiger partial charge in [0.05, 0.1) is 38.0 Å². The molecule has 0 bridgehead atoms. The standard InChI is InChI=1S/C27H31F3N2O3S/c1-33-24-7-5-6-20(19-32-12-15-34-16-13-32)26(24)35-14-3-2-4-17-36-25-10-11-31-23-18-21(27(28,29)30)8-9-22(23)25/h5-11,18H,2-4,12-17,19H2,1H3. The number of hydrogen-bond donors (Lipinski definition) is 0. The fourth-order valence-electron chi connectivity index (χ4n) is 4.17. The van der Waals surface area contributed by atoms with E-state index in [0.29, 0.717) is 12.1 Å². The van der Waals surface area contributed by atoms with Gasteiger partial charge in [0.2, 0.25) is 0 Å². The van der Waals surface area contributed by atoms with Gasteiger partial charge in [0.25, 0.3) is 0 Å². The highest BCUT2D eigenvalue weighted by molar-refractivity contribution is 7.99. The zero-order valence-corrected chi connectivity index (χ0v) is 21.2. The first-order valence-corrected chi connectivity index (χ1v) is 13.1. The molecule has 5 nitrogen and oxygen atoms in total. The Kier molecular flexibility index (Phi) is 9.34. The molecule has 2 heterocycles. The summed E-state index contributed by atoms with van der Waals surface area (Å²) >= 11 is 1.65. The van der Waals surface area contributed by atoms with Crippen LogP contribution in [0, 0.1) is 0 Å². The lowest BCUT2D eigenvalue weighted by Gasteiger charge is -2.27. The van der Waals surface area contributed by atoms with Crippen molar-refractivity contribution in [1.29, 1.82) is 0 Å². The van der Waals surface area contributed by atoms with Crippen molar-refractivity contribution < 1.29 is 27.4 Å². The number of unbranched alkanes of at least 4 members (excludes halogenated alkanes) is 2. The minimum absolute atomic E-state index is 0.368. The highest BCUT2D eigenvalue weighted by atomic mass is 32.2. The van der Waals surface area contributed by atoms with E-state index < -0.39 is 11.7 Å². The number of halogens is 3. The van der Waals surface area contributed by atoms with E-state index >= 15 is 0 Å². The monoisotopic (exact) mass is 520 g/mol. The molecule has 1 aromatic heterocycles. The summed E-state index contributed by atoms with van der Waals surface area (Å²) in [6.07, 6.45) is 0.0728. The van der Waals surface area contributed by atoms with Gasteiger partial charge in [-0.2, -0.15) is 13.2 Å².